The van der Waals surface area contributed by atoms with Crippen LogP contribution in [0.4, 0.5) is 5.82 Å². The number of fused-ring (bicyclic) bond motifs is 1. The number of hydrogen-bond donors (Lipinski definition) is 1. The summed E-state index contributed by atoms with van der Waals surface area (Å²) in [6.07, 6.45) is 1.83. The Kier molecular flexibility index (Phi) is 6.88. The van der Waals surface area contributed by atoms with Gasteiger partial charge in [-0.3, -0.25) is 9.48 Å². The number of rotatable bonds is 3. The standard InChI is InChI=1S/C17H25N7O.2ClH/c1-11(13-8-18-9-13)17(25)24-6-4-23(5-7-24)16-14-10-19-22(3)15(14)20-12(2)21-16;;/h10-11,13,18H,4-9H2,1-3H3;2*1H. The van der Waals surface area contributed by atoms with Gasteiger partial charge in [-0.25, -0.2) is 9.97 Å². The highest BCUT2D eigenvalue weighted by molar-refractivity contribution is 5.87. The molecule has 1 unspecified atom stereocenters. The number of aryl methyl sites for hydroxylation is 2. The third-order valence-electron chi connectivity index (χ3n) is 5.48. The molecule has 1 N–H and O–H groups in total. The number of aromatic nitrogens is 4. The van der Waals surface area contributed by atoms with E-state index in [1.165, 1.54) is 0 Å². The average molecular weight is 416 g/mol. The van der Waals surface area contributed by atoms with E-state index < -0.39 is 0 Å². The minimum Gasteiger partial charge on any atom is -0.352 e. The van der Waals surface area contributed by atoms with Crippen molar-refractivity contribution in [2.24, 2.45) is 18.9 Å². The predicted octanol–water partition coefficient (Wildman–Crippen LogP) is 1.02. The fraction of sp³-hybridized carbons (Fsp3) is 0.647. The van der Waals surface area contributed by atoms with Gasteiger partial charge >= 0.3 is 0 Å². The van der Waals surface area contributed by atoms with Gasteiger partial charge < -0.3 is 15.1 Å². The fourth-order valence-corrected chi connectivity index (χ4v) is 3.65. The molecule has 8 nitrogen and oxygen atoms in total. The molecule has 4 heterocycles. The van der Waals surface area contributed by atoms with Crippen molar-refractivity contribution >= 4 is 47.6 Å². The maximum atomic E-state index is 12.7. The molecule has 0 radical (unpaired) electrons. The summed E-state index contributed by atoms with van der Waals surface area (Å²) >= 11 is 0. The highest BCUT2D eigenvalue weighted by atomic mass is 35.5. The zero-order chi connectivity index (χ0) is 17.6. The van der Waals surface area contributed by atoms with Gasteiger partial charge in [-0.05, 0) is 25.9 Å². The molecule has 2 aromatic heterocycles. The van der Waals surface area contributed by atoms with Crippen LogP contribution >= 0.6 is 24.8 Å². The maximum Gasteiger partial charge on any atom is 0.225 e. The average Bonchev–Trinajstić information content (AvgIpc) is 2.93. The molecular formula is C17H27Cl2N7O. The predicted molar refractivity (Wildman–Crippen MR) is 110 cm³/mol. The van der Waals surface area contributed by atoms with E-state index in [4.69, 9.17) is 0 Å². The topological polar surface area (TPSA) is 79.2 Å². The molecule has 2 fully saturated rings. The van der Waals surface area contributed by atoms with Gasteiger partial charge in [0, 0.05) is 39.1 Å². The van der Waals surface area contributed by atoms with Gasteiger partial charge in [0.15, 0.2) is 5.65 Å². The van der Waals surface area contributed by atoms with Crippen LogP contribution in [0.1, 0.15) is 12.7 Å². The lowest BCUT2D eigenvalue weighted by molar-refractivity contribution is -0.137. The third kappa shape index (κ3) is 3.97. The van der Waals surface area contributed by atoms with E-state index >= 15 is 0 Å². The van der Waals surface area contributed by atoms with E-state index in [1.807, 2.05) is 25.1 Å². The summed E-state index contributed by atoms with van der Waals surface area (Å²) in [7, 11) is 1.89. The molecule has 0 spiro atoms. The Morgan fingerprint density at radius 3 is 2.44 bits per heavy atom. The monoisotopic (exact) mass is 415 g/mol. The molecule has 1 atom stereocenters. The highest BCUT2D eigenvalue weighted by Gasteiger charge is 2.33. The van der Waals surface area contributed by atoms with Crippen molar-refractivity contribution in [1.29, 1.82) is 0 Å². The fourth-order valence-electron chi connectivity index (χ4n) is 3.65. The SMILES string of the molecule is Cc1nc(N2CCN(C(=O)C(C)C3CNC3)CC2)c2cnn(C)c2n1.Cl.Cl. The molecular weight excluding hydrogens is 389 g/mol. The van der Waals surface area contributed by atoms with Crippen LogP contribution in [0.15, 0.2) is 6.20 Å². The number of halogens is 2. The quantitative estimate of drug-likeness (QED) is 0.805. The van der Waals surface area contributed by atoms with Gasteiger partial charge in [-0.2, -0.15) is 5.10 Å². The number of anilines is 1. The van der Waals surface area contributed by atoms with Gasteiger partial charge in [0.25, 0.3) is 0 Å². The Morgan fingerprint density at radius 2 is 1.85 bits per heavy atom. The Labute approximate surface area is 171 Å². The zero-order valence-corrected chi connectivity index (χ0v) is 17.5. The van der Waals surface area contributed by atoms with Crippen molar-refractivity contribution in [3.63, 3.8) is 0 Å². The molecule has 2 aliphatic rings. The molecule has 0 saturated carbocycles. The van der Waals surface area contributed by atoms with E-state index in [-0.39, 0.29) is 36.6 Å². The van der Waals surface area contributed by atoms with Gasteiger partial charge in [0.2, 0.25) is 5.91 Å². The summed E-state index contributed by atoms with van der Waals surface area (Å²) < 4.78 is 1.78. The molecule has 2 aliphatic heterocycles. The Bertz CT molecular complexity index is 800. The van der Waals surface area contributed by atoms with E-state index in [0.717, 1.165) is 61.9 Å². The van der Waals surface area contributed by atoms with Crippen molar-refractivity contribution in [3.8, 4) is 0 Å². The second kappa shape index (κ2) is 8.58. The first kappa shape index (κ1) is 21.7. The van der Waals surface area contributed by atoms with E-state index in [9.17, 15) is 4.79 Å². The first-order chi connectivity index (χ1) is 12.0. The summed E-state index contributed by atoms with van der Waals surface area (Å²) in [4.78, 5) is 26.1. The van der Waals surface area contributed by atoms with Crippen LogP contribution in [0.25, 0.3) is 11.0 Å². The molecule has 4 rings (SSSR count). The van der Waals surface area contributed by atoms with Crippen LogP contribution < -0.4 is 10.2 Å². The van der Waals surface area contributed by atoms with E-state index in [0.29, 0.717) is 5.92 Å². The summed E-state index contributed by atoms with van der Waals surface area (Å²) in [6.45, 7) is 8.97. The summed E-state index contributed by atoms with van der Waals surface area (Å²) in [6, 6.07) is 0. The van der Waals surface area contributed by atoms with Gasteiger partial charge in [-0.1, -0.05) is 6.92 Å². The van der Waals surface area contributed by atoms with Crippen molar-refractivity contribution in [1.82, 2.24) is 30.0 Å². The molecule has 2 saturated heterocycles. The highest BCUT2D eigenvalue weighted by Crippen LogP contribution is 2.25. The number of carbonyl (C=O) groups excluding carboxylic acids is 1. The van der Waals surface area contributed by atoms with Gasteiger partial charge in [0.1, 0.15) is 11.6 Å². The van der Waals surface area contributed by atoms with Crippen LogP contribution in [0.3, 0.4) is 0 Å². The van der Waals surface area contributed by atoms with E-state index in [1.54, 1.807) is 4.68 Å². The molecule has 0 bridgehead atoms. The van der Waals surface area contributed by atoms with Crippen LogP contribution in [-0.2, 0) is 11.8 Å². The largest absolute Gasteiger partial charge is 0.352 e. The normalized spacial score (nSPS) is 18.5. The summed E-state index contributed by atoms with van der Waals surface area (Å²) in [5.41, 5.74) is 0.854. The number of amides is 1. The molecule has 0 aromatic carbocycles. The lowest BCUT2D eigenvalue weighted by Gasteiger charge is -2.39. The van der Waals surface area contributed by atoms with Crippen LogP contribution in [0.5, 0.6) is 0 Å². The molecule has 1 amide bonds. The summed E-state index contributed by atoms with van der Waals surface area (Å²) in [5, 5.41) is 8.54. The second-order valence-corrected chi connectivity index (χ2v) is 7.12. The number of hydrogen-bond acceptors (Lipinski definition) is 6. The molecule has 10 heteroatoms. The minimum atomic E-state index is 0. The van der Waals surface area contributed by atoms with Crippen molar-refractivity contribution in [3.05, 3.63) is 12.0 Å². The first-order valence-electron chi connectivity index (χ1n) is 8.95. The lowest BCUT2D eigenvalue weighted by atomic mass is 9.88. The summed E-state index contributed by atoms with van der Waals surface area (Å²) in [5.74, 6) is 2.57. The third-order valence-corrected chi connectivity index (χ3v) is 5.48. The number of carbonyl (C=O) groups is 1. The van der Waals surface area contributed by atoms with Crippen molar-refractivity contribution in [2.75, 3.05) is 44.2 Å². The second-order valence-electron chi connectivity index (χ2n) is 7.12. The number of nitrogens with one attached hydrogen (secondary N) is 1. The minimum absolute atomic E-state index is 0. The molecule has 27 heavy (non-hydrogen) atoms. The van der Waals surface area contributed by atoms with Crippen LogP contribution in [0, 0.1) is 18.8 Å². The Balaban J connectivity index is 0.00000131. The molecule has 2 aromatic rings. The maximum absolute atomic E-state index is 12.7. The first-order valence-corrected chi connectivity index (χ1v) is 8.95. The Morgan fingerprint density at radius 1 is 1.19 bits per heavy atom. The van der Waals surface area contributed by atoms with Crippen LogP contribution in [0.2, 0.25) is 0 Å². The van der Waals surface area contributed by atoms with Gasteiger partial charge in [-0.15, -0.1) is 24.8 Å². The van der Waals surface area contributed by atoms with Gasteiger partial charge in [0.05, 0.1) is 11.6 Å². The Hall–Kier alpha value is -1.64. The smallest absolute Gasteiger partial charge is 0.225 e. The van der Waals surface area contributed by atoms with Crippen LogP contribution in [-0.4, -0.2) is 69.8 Å². The van der Waals surface area contributed by atoms with Crippen molar-refractivity contribution < 1.29 is 4.79 Å². The molecule has 0 aliphatic carbocycles. The van der Waals surface area contributed by atoms with E-state index in [2.05, 4.69) is 32.2 Å². The lowest BCUT2D eigenvalue weighted by Crippen LogP contribution is -2.54. The number of nitrogens with zero attached hydrogens (tertiary/aromatic N) is 6. The van der Waals surface area contributed by atoms with Crippen molar-refractivity contribution in [2.45, 2.75) is 13.8 Å². The zero-order valence-electron chi connectivity index (χ0n) is 15.9. The molecule has 150 valence electrons. The number of piperazine rings is 1.